The number of para-hydroxylation sites is 1. The van der Waals surface area contributed by atoms with Crippen LogP contribution in [0.5, 0.6) is 0 Å². The van der Waals surface area contributed by atoms with Crippen molar-refractivity contribution in [2.45, 2.75) is 19.3 Å². The molecule has 0 spiro atoms. The maximum atomic E-state index is 2.54. The van der Waals surface area contributed by atoms with Crippen molar-refractivity contribution in [1.29, 1.82) is 0 Å². The maximum absolute atomic E-state index is 2.54. The van der Waals surface area contributed by atoms with E-state index >= 15 is 0 Å². The Labute approximate surface area is 375 Å². The lowest BCUT2D eigenvalue weighted by Crippen LogP contribution is -2.14. The van der Waals surface area contributed by atoms with E-state index < -0.39 is 0 Å². The molecule has 1 aliphatic carbocycles. The van der Waals surface area contributed by atoms with E-state index in [2.05, 4.69) is 255 Å². The predicted molar refractivity (Wildman–Crippen MR) is 271 cm³/mol. The van der Waals surface area contributed by atoms with Crippen molar-refractivity contribution in [3.05, 3.63) is 248 Å². The summed E-state index contributed by atoms with van der Waals surface area (Å²) in [6, 6.07) is 87.2. The third kappa shape index (κ3) is 6.00. The number of aromatic nitrogens is 1. The molecule has 0 saturated heterocycles. The molecule has 0 bridgehead atoms. The van der Waals surface area contributed by atoms with Gasteiger partial charge in [0.05, 0.1) is 11.0 Å². The fourth-order valence-corrected chi connectivity index (χ4v) is 10.6. The molecule has 302 valence electrons. The highest BCUT2D eigenvalue weighted by atomic mass is 15.0. The van der Waals surface area contributed by atoms with Crippen molar-refractivity contribution in [2.75, 3.05) is 0 Å². The van der Waals surface area contributed by atoms with E-state index in [9.17, 15) is 0 Å². The van der Waals surface area contributed by atoms with Crippen molar-refractivity contribution in [3.8, 4) is 83.6 Å². The quantitative estimate of drug-likeness (QED) is 0.151. The van der Waals surface area contributed by atoms with Crippen molar-refractivity contribution < 1.29 is 0 Å². The minimum absolute atomic E-state index is 0.0244. The number of fused-ring (bicyclic) bond motifs is 6. The van der Waals surface area contributed by atoms with Crippen LogP contribution in [0.2, 0.25) is 0 Å². The van der Waals surface area contributed by atoms with Crippen LogP contribution < -0.4 is 0 Å². The van der Waals surface area contributed by atoms with Gasteiger partial charge in [0.15, 0.2) is 0 Å². The van der Waals surface area contributed by atoms with E-state index in [4.69, 9.17) is 0 Å². The Bertz CT molecular complexity index is 3530. The monoisotopic (exact) mass is 815 g/mol. The molecular weight excluding hydrogens is 771 g/mol. The Balaban J connectivity index is 1.18. The molecule has 0 amide bonds. The Kier molecular flexibility index (Phi) is 8.91. The van der Waals surface area contributed by atoms with E-state index in [1.165, 1.54) is 111 Å². The lowest BCUT2D eigenvalue weighted by atomic mass is 9.80. The van der Waals surface area contributed by atoms with Gasteiger partial charge >= 0.3 is 0 Å². The highest BCUT2D eigenvalue weighted by Gasteiger charge is 2.35. The number of benzene rings is 10. The molecular formula is C63H45N. The number of nitrogens with zero attached hydrogens (tertiary/aromatic N) is 1. The van der Waals surface area contributed by atoms with Crippen molar-refractivity contribution in [2.24, 2.45) is 0 Å². The summed E-state index contributed by atoms with van der Waals surface area (Å²) in [5.74, 6) is 0. The summed E-state index contributed by atoms with van der Waals surface area (Å²) in [5, 5.41) is 2.45. The molecule has 10 aromatic carbocycles. The van der Waals surface area contributed by atoms with Gasteiger partial charge in [-0.1, -0.05) is 220 Å². The molecule has 0 unspecified atom stereocenters. The molecule has 1 nitrogen and oxygen atoms in total. The summed E-state index contributed by atoms with van der Waals surface area (Å²) in [5.41, 5.74) is 23.4. The largest absolute Gasteiger partial charge is 0.309 e. The summed E-state index contributed by atoms with van der Waals surface area (Å²) in [6.45, 7) is 4.69. The van der Waals surface area contributed by atoms with Gasteiger partial charge in [0, 0.05) is 38.6 Å². The molecule has 11 aromatic rings. The van der Waals surface area contributed by atoms with Gasteiger partial charge in [-0.3, -0.25) is 0 Å². The first-order chi connectivity index (χ1) is 31.5. The number of hydrogen-bond acceptors (Lipinski definition) is 0. The Morgan fingerprint density at radius 2 is 0.750 bits per heavy atom. The van der Waals surface area contributed by atoms with E-state index in [0.29, 0.717) is 0 Å². The smallest absolute Gasteiger partial charge is 0.0632 e. The van der Waals surface area contributed by atoms with Crippen LogP contribution in [0.25, 0.3) is 105 Å². The average molecular weight is 816 g/mol. The second-order valence-electron chi connectivity index (χ2n) is 17.6. The molecule has 12 rings (SSSR count). The van der Waals surface area contributed by atoms with Crippen LogP contribution in [0.4, 0.5) is 0 Å². The summed E-state index contributed by atoms with van der Waals surface area (Å²) in [6.07, 6.45) is 0. The van der Waals surface area contributed by atoms with Crippen LogP contribution in [0.3, 0.4) is 0 Å². The Morgan fingerprint density at radius 3 is 1.36 bits per heavy atom. The molecule has 0 aliphatic heterocycles. The SMILES string of the molecule is CC1(C)c2ccccc2-c2cc(-c3cccc(-c4ccc5c6c(-c7ccccc7)c(-c7ccccc7)c(-c7ccccc7)c(-c7ccccc7)c6n(-c6ccccc6)c5c4)c3)ccc21. The van der Waals surface area contributed by atoms with Crippen LogP contribution in [-0.4, -0.2) is 4.57 Å². The fraction of sp³-hybridized carbons (Fsp3) is 0.0476. The zero-order valence-electron chi connectivity index (χ0n) is 36.0. The highest BCUT2D eigenvalue weighted by Crippen LogP contribution is 2.54. The van der Waals surface area contributed by atoms with E-state index in [0.717, 1.165) is 5.69 Å². The molecule has 1 heterocycles. The first kappa shape index (κ1) is 37.7. The zero-order chi connectivity index (χ0) is 42.8. The molecule has 64 heavy (non-hydrogen) atoms. The lowest BCUT2D eigenvalue weighted by Gasteiger charge is -2.24. The van der Waals surface area contributed by atoms with Crippen LogP contribution in [0.15, 0.2) is 237 Å². The zero-order valence-corrected chi connectivity index (χ0v) is 36.0. The predicted octanol–water partition coefficient (Wildman–Crippen LogP) is 17.1. The summed E-state index contributed by atoms with van der Waals surface area (Å²) in [4.78, 5) is 0. The van der Waals surface area contributed by atoms with Gasteiger partial charge in [-0.2, -0.15) is 0 Å². The van der Waals surface area contributed by atoms with Gasteiger partial charge in [0.1, 0.15) is 0 Å². The second-order valence-corrected chi connectivity index (χ2v) is 17.6. The number of hydrogen-bond donors (Lipinski definition) is 0. The fourth-order valence-electron chi connectivity index (χ4n) is 10.6. The lowest BCUT2D eigenvalue weighted by molar-refractivity contribution is 0.660. The molecule has 1 heteroatoms. The molecule has 0 radical (unpaired) electrons. The second kappa shape index (κ2) is 15.1. The van der Waals surface area contributed by atoms with Crippen molar-refractivity contribution in [3.63, 3.8) is 0 Å². The minimum atomic E-state index is -0.0244. The first-order valence-corrected chi connectivity index (χ1v) is 22.3. The average Bonchev–Trinajstić information content (AvgIpc) is 3.82. The third-order valence-corrected chi connectivity index (χ3v) is 13.6. The molecule has 0 fully saturated rings. The van der Waals surface area contributed by atoms with Gasteiger partial charge in [-0.15, -0.1) is 0 Å². The van der Waals surface area contributed by atoms with Gasteiger partial charge in [0.25, 0.3) is 0 Å². The molecule has 0 N–H and O–H groups in total. The van der Waals surface area contributed by atoms with Crippen molar-refractivity contribution >= 4 is 21.8 Å². The van der Waals surface area contributed by atoms with Crippen molar-refractivity contribution in [1.82, 2.24) is 4.57 Å². The molecule has 1 aromatic heterocycles. The molecule has 0 atom stereocenters. The topological polar surface area (TPSA) is 4.93 Å². The van der Waals surface area contributed by atoms with Crippen LogP contribution >= 0.6 is 0 Å². The Hall–Kier alpha value is -8.00. The van der Waals surface area contributed by atoms with Crippen LogP contribution in [-0.2, 0) is 5.41 Å². The first-order valence-electron chi connectivity index (χ1n) is 22.3. The van der Waals surface area contributed by atoms with Gasteiger partial charge in [-0.25, -0.2) is 0 Å². The highest BCUT2D eigenvalue weighted by molar-refractivity contribution is 6.26. The normalized spacial score (nSPS) is 12.7. The van der Waals surface area contributed by atoms with Gasteiger partial charge < -0.3 is 4.57 Å². The summed E-state index contributed by atoms with van der Waals surface area (Å²) < 4.78 is 2.54. The Morgan fingerprint density at radius 1 is 0.312 bits per heavy atom. The minimum Gasteiger partial charge on any atom is -0.309 e. The van der Waals surface area contributed by atoms with Gasteiger partial charge in [-0.05, 0) is 103 Å². The molecule has 1 aliphatic rings. The molecule has 0 saturated carbocycles. The van der Waals surface area contributed by atoms with Crippen LogP contribution in [0, 0.1) is 0 Å². The van der Waals surface area contributed by atoms with Gasteiger partial charge in [0.2, 0.25) is 0 Å². The number of rotatable bonds is 7. The van der Waals surface area contributed by atoms with E-state index in [-0.39, 0.29) is 5.41 Å². The van der Waals surface area contributed by atoms with E-state index in [1.54, 1.807) is 0 Å². The standard InChI is InChI=1S/C63H45N/c1-63(2)54-34-19-18-33-51(54)53-40-48(36-38-55(53)63)46-29-20-30-47(39-46)49-35-37-52-56(41-49)64(50-31-16-7-17-32-50)62-60(45-27-14-6-15-28-45)58(43-23-10-4-11-24-43)57(42-21-8-3-9-22-42)59(61(52)62)44-25-12-5-13-26-44/h3-41H,1-2H3. The summed E-state index contributed by atoms with van der Waals surface area (Å²) in [7, 11) is 0. The van der Waals surface area contributed by atoms with Crippen LogP contribution in [0.1, 0.15) is 25.0 Å². The third-order valence-electron chi connectivity index (χ3n) is 13.6. The summed E-state index contributed by atoms with van der Waals surface area (Å²) >= 11 is 0. The maximum Gasteiger partial charge on any atom is 0.0632 e. The van der Waals surface area contributed by atoms with E-state index in [1.807, 2.05) is 0 Å².